The molecule has 1 aliphatic heterocycles. The van der Waals surface area contributed by atoms with Gasteiger partial charge in [-0.25, -0.2) is 0 Å². The summed E-state index contributed by atoms with van der Waals surface area (Å²) < 4.78 is 7.31. The lowest BCUT2D eigenvalue weighted by atomic mass is 10.2. The van der Waals surface area contributed by atoms with E-state index in [0.717, 1.165) is 19.4 Å². The SMILES string of the molecule is O=C1/C(=C\c2cc(Br)c(I)o2)SC(=NCc2ccccc2)N1Cc1ccccc1. The molecule has 0 bridgehead atoms. The first-order valence-electron chi connectivity index (χ1n) is 8.89. The van der Waals surface area contributed by atoms with E-state index in [1.807, 2.05) is 66.7 Å². The fourth-order valence-corrected chi connectivity index (χ4v) is 4.51. The van der Waals surface area contributed by atoms with Crippen molar-refractivity contribution < 1.29 is 9.21 Å². The van der Waals surface area contributed by atoms with Crippen molar-refractivity contribution in [2.24, 2.45) is 4.99 Å². The Morgan fingerprint density at radius 2 is 1.72 bits per heavy atom. The predicted octanol–water partition coefficient (Wildman–Crippen LogP) is 6.32. The number of thioether (sulfide) groups is 1. The Hall–Kier alpha value is -1.84. The Labute approximate surface area is 195 Å². The van der Waals surface area contributed by atoms with E-state index in [0.29, 0.717) is 28.9 Å². The van der Waals surface area contributed by atoms with Gasteiger partial charge < -0.3 is 4.42 Å². The number of amidine groups is 1. The summed E-state index contributed by atoms with van der Waals surface area (Å²) in [6, 6.07) is 21.8. The number of hydrogen-bond acceptors (Lipinski definition) is 4. The second-order valence-corrected chi connectivity index (χ2v) is 9.19. The molecule has 0 spiro atoms. The van der Waals surface area contributed by atoms with E-state index in [1.165, 1.54) is 11.8 Å². The lowest BCUT2D eigenvalue weighted by Gasteiger charge is -2.15. The predicted molar refractivity (Wildman–Crippen MR) is 129 cm³/mol. The van der Waals surface area contributed by atoms with E-state index < -0.39 is 0 Å². The molecule has 0 atom stereocenters. The normalized spacial score (nSPS) is 16.9. The van der Waals surface area contributed by atoms with Crippen LogP contribution in [0.2, 0.25) is 0 Å². The Kier molecular flexibility index (Phi) is 6.56. The van der Waals surface area contributed by atoms with Crippen molar-refractivity contribution in [3.63, 3.8) is 0 Å². The van der Waals surface area contributed by atoms with Crippen LogP contribution in [0.4, 0.5) is 0 Å². The monoisotopic (exact) mass is 578 g/mol. The zero-order chi connectivity index (χ0) is 20.2. The first-order chi connectivity index (χ1) is 14.1. The smallest absolute Gasteiger partial charge is 0.267 e. The summed E-state index contributed by atoms with van der Waals surface area (Å²) in [6.07, 6.45) is 1.78. The maximum atomic E-state index is 13.1. The number of aliphatic imine (C=N–C) groups is 1. The van der Waals surface area contributed by atoms with Gasteiger partial charge in [-0.2, -0.15) is 0 Å². The van der Waals surface area contributed by atoms with Crippen LogP contribution in [-0.2, 0) is 17.9 Å². The molecule has 3 aromatic rings. The van der Waals surface area contributed by atoms with Crippen LogP contribution in [0.25, 0.3) is 6.08 Å². The van der Waals surface area contributed by atoms with Gasteiger partial charge in [0.15, 0.2) is 8.93 Å². The lowest BCUT2D eigenvalue weighted by Crippen LogP contribution is -2.28. The second kappa shape index (κ2) is 9.32. The van der Waals surface area contributed by atoms with Crippen LogP contribution in [0.3, 0.4) is 0 Å². The first kappa shape index (κ1) is 20.4. The number of carbonyl (C=O) groups is 1. The van der Waals surface area contributed by atoms with Crippen molar-refractivity contribution in [3.05, 3.63) is 96.8 Å². The van der Waals surface area contributed by atoms with E-state index in [-0.39, 0.29) is 5.91 Å². The van der Waals surface area contributed by atoms with Crippen LogP contribution in [0.15, 0.2) is 85.5 Å². The van der Waals surface area contributed by atoms with E-state index >= 15 is 0 Å². The summed E-state index contributed by atoms with van der Waals surface area (Å²) in [5, 5.41) is 0.703. The first-order valence-corrected chi connectivity index (χ1v) is 11.6. The van der Waals surface area contributed by atoms with Crippen LogP contribution in [0.1, 0.15) is 16.9 Å². The van der Waals surface area contributed by atoms with Gasteiger partial charge in [-0.15, -0.1) is 0 Å². The Morgan fingerprint density at radius 1 is 1.07 bits per heavy atom. The number of furan rings is 1. The minimum Gasteiger partial charge on any atom is -0.450 e. The van der Waals surface area contributed by atoms with Crippen molar-refractivity contribution in [2.75, 3.05) is 0 Å². The molecular weight excluding hydrogens is 563 g/mol. The highest BCUT2D eigenvalue weighted by atomic mass is 127. The number of amides is 1. The summed E-state index contributed by atoms with van der Waals surface area (Å²) in [6.45, 7) is 1.01. The molecule has 1 saturated heterocycles. The summed E-state index contributed by atoms with van der Waals surface area (Å²) in [7, 11) is 0. The molecule has 7 heteroatoms. The average molecular weight is 579 g/mol. The van der Waals surface area contributed by atoms with Gasteiger partial charge in [-0.05, 0) is 44.9 Å². The molecule has 2 heterocycles. The van der Waals surface area contributed by atoms with Crippen LogP contribution >= 0.6 is 50.3 Å². The molecule has 0 unspecified atom stereocenters. The molecule has 1 amide bonds. The van der Waals surface area contributed by atoms with Crippen molar-refractivity contribution >= 4 is 67.4 Å². The molecule has 1 aliphatic rings. The molecule has 0 radical (unpaired) electrons. The topological polar surface area (TPSA) is 45.8 Å². The summed E-state index contributed by atoms with van der Waals surface area (Å²) in [4.78, 5) is 20.2. The van der Waals surface area contributed by atoms with Gasteiger partial charge in [0, 0.05) is 28.7 Å². The van der Waals surface area contributed by atoms with E-state index in [2.05, 4.69) is 38.5 Å². The Morgan fingerprint density at radius 3 is 2.34 bits per heavy atom. The van der Waals surface area contributed by atoms with E-state index in [1.54, 1.807) is 11.0 Å². The molecule has 1 aromatic heterocycles. The third-order valence-electron chi connectivity index (χ3n) is 4.25. The minimum atomic E-state index is -0.0619. The largest absolute Gasteiger partial charge is 0.450 e. The molecule has 146 valence electrons. The van der Waals surface area contributed by atoms with Gasteiger partial charge in [-0.3, -0.25) is 14.7 Å². The molecule has 0 saturated carbocycles. The van der Waals surface area contributed by atoms with Gasteiger partial charge in [0.2, 0.25) is 0 Å². The minimum absolute atomic E-state index is 0.0619. The van der Waals surface area contributed by atoms with Crippen molar-refractivity contribution in [3.8, 4) is 0 Å². The van der Waals surface area contributed by atoms with Crippen molar-refractivity contribution in [1.82, 2.24) is 4.90 Å². The number of hydrogen-bond donors (Lipinski definition) is 0. The molecule has 29 heavy (non-hydrogen) atoms. The quantitative estimate of drug-likeness (QED) is 0.263. The molecule has 2 aromatic carbocycles. The van der Waals surface area contributed by atoms with Crippen LogP contribution in [-0.4, -0.2) is 16.0 Å². The summed E-state index contributed by atoms with van der Waals surface area (Å²) in [5.74, 6) is 0.578. The number of benzene rings is 2. The van der Waals surface area contributed by atoms with Crippen molar-refractivity contribution in [2.45, 2.75) is 13.1 Å². The highest BCUT2D eigenvalue weighted by molar-refractivity contribution is 14.1. The number of nitrogens with zero attached hydrogens (tertiary/aromatic N) is 2. The number of carbonyl (C=O) groups excluding carboxylic acids is 1. The molecular formula is C22H16BrIN2O2S. The third kappa shape index (κ3) is 5.02. The van der Waals surface area contributed by atoms with Gasteiger partial charge in [0.05, 0.1) is 22.5 Å². The van der Waals surface area contributed by atoms with Crippen molar-refractivity contribution in [1.29, 1.82) is 0 Å². The standard InChI is InChI=1S/C22H16BrIN2O2S/c23-18-11-17(28-20(18)24)12-19-21(27)26(14-16-9-5-2-6-10-16)22(29-19)25-13-15-7-3-1-4-8-15/h1-12H,13-14H2/b19-12+,25-22?. The number of rotatable bonds is 5. The van der Waals surface area contributed by atoms with Gasteiger partial charge in [0.25, 0.3) is 5.91 Å². The average Bonchev–Trinajstić information content (AvgIpc) is 3.21. The second-order valence-electron chi connectivity index (χ2n) is 6.34. The highest BCUT2D eigenvalue weighted by Crippen LogP contribution is 2.35. The van der Waals surface area contributed by atoms with Gasteiger partial charge >= 0.3 is 0 Å². The molecule has 1 fully saturated rings. The van der Waals surface area contributed by atoms with Crippen LogP contribution in [0, 0.1) is 3.77 Å². The maximum Gasteiger partial charge on any atom is 0.267 e. The van der Waals surface area contributed by atoms with E-state index in [4.69, 9.17) is 9.41 Å². The fourth-order valence-electron chi connectivity index (χ4n) is 2.84. The zero-order valence-electron chi connectivity index (χ0n) is 15.2. The van der Waals surface area contributed by atoms with Crippen LogP contribution in [0.5, 0.6) is 0 Å². The summed E-state index contributed by atoms with van der Waals surface area (Å²) in [5.41, 5.74) is 2.17. The highest BCUT2D eigenvalue weighted by Gasteiger charge is 2.33. The molecule has 0 aliphatic carbocycles. The van der Waals surface area contributed by atoms with Gasteiger partial charge in [-0.1, -0.05) is 60.7 Å². The van der Waals surface area contributed by atoms with E-state index in [9.17, 15) is 4.79 Å². The third-order valence-corrected chi connectivity index (χ3v) is 7.42. The molecule has 4 rings (SSSR count). The maximum absolute atomic E-state index is 13.1. The molecule has 0 N–H and O–H groups in total. The Balaban J connectivity index is 1.63. The Bertz CT molecular complexity index is 1060. The number of halogens is 2. The molecule has 4 nitrogen and oxygen atoms in total. The lowest BCUT2D eigenvalue weighted by molar-refractivity contribution is -0.122. The summed E-state index contributed by atoms with van der Waals surface area (Å²) >= 11 is 6.94. The van der Waals surface area contributed by atoms with Crippen LogP contribution < -0.4 is 0 Å². The van der Waals surface area contributed by atoms with Gasteiger partial charge in [0.1, 0.15) is 5.76 Å². The zero-order valence-corrected chi connectivity index (χ0v) is 19.8. The fraction of sp³-hybridized carbons (Fsp3) is 0.0909.